The van der Waals surface area contributed by atoms with Crippen LogP contribution in [0.15, 0.2) is 0 Å². The van der Waals surface area contributed by atoms with E-state index in [1.807, 2.05) is 0 Å². The molecule has 2 fully saturated rings. The van der Waals surface area contributed by atoms with Crippen molar-refractivity contribution in [3.63, 3.8) is 0 Å². The van der Waals surface area contributed by atoms with Crippen molar-refractivity contribution >= 4 is 12.0 Å². The van der Waals surface area contributed by atoms with Gasteiger partial charge in [0.15, 0.2) is 0 Å². The summed E-state index contributed by atoms with van der Waals surface area (Å²) in [5, 5.41) is 9.19. The van der Waals surface area contributed by atoms with Crippen molar-refractivity contribution in [1.29, 1.82) is 0 Å². The third-order valence-corrected chi connectivity index (χ3v) is 4.60. The van der Waals surface area contributed by atoms with Crippen molar-refractivity contribution in [1.82, 2.24) is 9.80 Å². The average molecular weight is 298 g/mol. The number of hydrogen-bond donors (Lipinski definition) is 1. The van der Waals surface area contributed by atoms with Gasteiger partial charge >= 0.3 is 12.0 Å². The quantitative estimate of drug-likeness (QED) is 0.757. The Bertz CT molecular complexity index is 387. The molecule has 1 aliphatic carbocycles. The molecule has 2 amide bonds. The van der Waals surface area contributed by atoms with Gasteiger partial charge in [-0.1, -0.05) is 0 Å². The highest BCUT2D eigenvalue weighted by molar-refractivity contribution is 5.76. The zero-order chi connectivity index (χ0) is 15.5. The number of ether oxygens (including phenoxy) is 1. The van der Waals surface area contributed by atoms with E-state index in [0.29, 0.717) is 39.1 Å². The molecule has 0 unspecified atom stereocenters. The highest BCUT2D eigenvalue weighted by Crippen LogP contribution is 2.31. The number of amides is 2. The number of aliphatic carboxylic acids is 1. The fourth-order valence-electron chi connectivity index (χ4n) is 2.48. The Kier molecular flexibility index (Phi) is 5.08. The van der Waals surface area contributed by atoms with Crippen LogP contribution in [0.4, 0.5) is 4.79 Å². The third-order valence-electron chi connectivity index (χ3n) is 4.60. The molecule has 120 valence electrons. The van der Waals surface area contributed by atoms with Gasteiger partial charge in [0.05, 0.1) is 12.0 Å². The number of carbonyl (C=O) groups excluding carboxylic acids is 1. The molecular formula is C15H26N2O4. The van der Waals surface area contributed by atoms with E-state index in [4.69, 9.17) is 4.74 Å². The summed E-state index contributed by atoms with van der Waals surface area (Å²) in [5.74, 6) is -0.0294. The molecule has 2 aliphatic rings. The van der Waals surface area contributed by atoms with E-state index in [1.54, 1.807) is 23.8 Å². The van der Waals surface area contributed by atoms with Crippen LogP contribution in [0.1, 0.15) is 32.6 Å². The summed E-state index contributed by atoms with van der Waals surface area (Å²) in [7, 11) is 1.77. The average Bonchev–Trinajstić information content (AvgIpc) is 3.27. The second kappa shape index (κ2) is 6.64. The molecule has 6 nitrogen and oxygen atoms in total. The first-order valence-electron chi connectivity index (χ1n) is 7.73. The van der Waals surface area contributed by atoms with E-state index in [2.05, 4.69) is 0 Å². The normalized spacial score (nSPS) is 21.1. The smallest absolute Gasteiger partial charge is 0.319 e. The molecule has 1 saturated heterocycles. The van der Waals surface area contributed by atoms with E-state index < -0.39 is 11.4 Å². The number of nitrogens with zero attached hydrogens (tertiary/aromatic N) is 2. The number of rotatable bonds is 6. The van der Waals surface area contributed by atoms with Gasteiger partial charge in [-0.25, -0.2) is 4.79 Å². The van der Waals surface area contributed by atoms with E-state index >= 15 is 0 Å². The second-order valence-electron chi connectivity index (χ2n) is 6.58. The Morgan fingerprint density at radius 2 is 1.95 bits per heavy atom. The lowest BCUT2D eigenvalue weighted by molar-refractivity contribution is -0.150. The maximum atomic E-state index is 12.3. The summed E-state index contributed by atoms with van der Waals surface area (Å²) in [4.78, 5) is 26.9. The van der Waals surface area contributed by atoms with E-state index in [-0.39, 0.29) is 6.03 Å². The first kappa shape index (κ1) is 16.1. The number of piperidine rings is 1. The van der Waals surface area contributed by atoms with E-state index in [0.717, 1.165) is 12.5 Å². The van der Waals surface area contributed by atoms with Crippen molar-refractivity contribution in [3.8, 4) is 0 Å². The molecule has 0 spiro atoms. The maximum Gasteiger partial charge on any atom is 0.319 e. The molecule has 1 aliphatic heterocycles. The summed E-state index contributed by atoms with van der Waals surface area (Å²) in [6.45, 7) is 4.73. The largest absolute Gasteiger partial charge is 0.481 e. The van der Waals surface area contributed by atoms with Gasteiger partial charge in [-0.05, 0) is 38.5 Å². The minimum atomic E-state index is -0.767. The van der Waals surface area contributed by atoms with Crippen LogP contribution >= 0.6 is 0 Å². The van der Waals surface area contributed by atoms with Gasteiger partial charge in [-0.15, -0.1) is 0 Å². The Morgan fingerprint density at radius 1 is 1.33 bits per heavy atom. The van der Waals surface area contributed by atoms with Crippen molar-refractivity contribution in [3.05, 3.63) is 0 Å². The Balaban J connectivity index is 1.68. The van der Waals surface area contributed by atoms with Crippen LogP contribution in [0.3, 0.4) is 0 Å². The van der Waals surface area contributed by atoms with E-state index in [1.165, 1.54) is 12.8 Å². The van der Waals surface area contributed by atoms with Crippen molar-refractivity contribution in [2.45, 2.75) is 32.6 Å². The molecule has 0 aromatic carbocycles. The minimum Gasteiger partial charge on any atom is -0.481 e. The Labute approximate surface area is 126 Å². The van der Waals surface area contributed by atoms with Gasteiger partial charge in [0.25, 0.3) is 0 Å². The number of likely N-dealkylation sites (tertiary alicyclic amines) is 1. The zero-order valence-corrected chi connectivity index (χ0v) is 13.0. The molecule has 6 heteroatoms. The molecule has 21 heavy (non-hydrogen) atoms. The lowest BCUT2D eigenvalue weighted by atomic mass is 9.80. The topological polar surface area (TPSA) is 70.1 Å². The zero-order valence-electron chi connectivity index (χ0n) is 13.0. The molecule has 0 aromatic heterocycles. The fourth-order valence-corrected chi connectivity index (χ4v) is 2.48. The molecular weight excluding hydrogens is 272 g/mol. The summed E-state index contributed by atoms with van der Waals surface area (Å²) in [5.41, 5.74) is -0.692. The number of urea groups is 1. The third kappa shape index (κ3) is 4.33. The number of carbonyl (C=O) groups is 2. The number of carboxylic acids is 1. The van der Waals surface area contributed by atoms with Crippen molar-refractivity contribution in [2.75, 3.05) is 39.9 Å². The van der Waals surface area contributed by atoms with Gasteiger partial charge in [0.2, 0.25) is 0 Å². The highest BCUT2D eigenvalue weighted by Gasteiger charge is 2.38. The van der Waals surface area contributed by atoms with Crippen LogP contribution in [0.5, 0.6) is 0 Å². The molecule has 2 rings (SSSR count). The van der Waals surface area contributed by atoms with Crippen molar-refractivity contribution in [2.24, 2.45) is 11.3 Å². The number of hydrogen-bond acceptors (Lipinski definition) is 3. The molecule has 0 atom stereocenters. The van der Waals surface area contributed by atoms with Crippen LogP contribution in [-0.2, 0) is 9.53 Å². The second-order valence-corrected chi connectivity index (χ2v) is 6.58. The monoisotopic (exact) mass is 298 g/mol. The van der Waals surface area contributed by atoms with Gasteiger partial charge in [0, 0.05) is 33.3 Å². The van der Waals surface area contributed by atoms with Crippen LogP contribution in [0.25, 0.3) is 0 Å². The Hall–Kier alpha value is -1.30. The predicted octanol–water partition coefficient (Wildman–Crippen LogP) is 1.65. The van der Waals surface area contributed by atoms with Crippen LogP contribution in [0.2, 0.25) is 0 Å². The number of carboxylic acid groups (broad SMARTS) is 1. The summed E-state index contributed by atoms with van der Waals surface area (Å²) in [6.07, 6.45) is 3.57. The summed E-state index contributed by atoms with van der Waals surface area (Å²) in [6, 6.07) is -0.0301. The molecule has 0 bridgehead atoms. The van der Waals surface area contributed by atoms with E-state index in [9.17, 15) is 14.7 Å². The van der Waals surface area contributed by atoms with Gasteiger partial charge in [-0.2, -0.15) is 0 Å². The van der Waals surface area contributed by atoms with Gasteiger partial charge in [0.1, 0.15) is 0 Å². The first-order valence-corrected chi connectivity index (χ1v) is 7.73. The minimum absolute atomic E-state index is 0.0301. The molecule has 0 radical (unpaired) electrons. The van der Waals surface area contributed by atoms with Crippen LogP contribution in [-0.4, -0.2) is 66.8 Å². The molecule has 1 saturated carbocycles. The fraction of sp³-hybridized carbons (Fsp3) is 0.867. The van der Waals surface area contributed by atoms with Crippen LogP contribution in [0, 0.1) is 11.3 Å². The highest BCUT2D eigenvalue weighted by atomic mass is 16.5. The van der Waals surface area contributed by atoms with Gasteiger partial charge in [-0.3, -0.25) is 4.79 Å². The maximum absolute atomic E-state index is 12.3. The molecule has 0 aromatic rings. The number of likely N-dealkylation sites (N-methyl/N-ethyl adjacent to an activating group) is 1. The van der Waals surface area contributed by atoms with Crippen LogP contribution < -0.4 is 0 Å². The Morgan fingerprint density at radius 3 is 2.48 bits per heavy atom. The van der Waals surface area contributed by atoms with Gasteiger partial charge < -0.3 is 19.6 Å². The lowest BCUT2D eigenvalue weighted by Gasteiger charge is -2.38. The molecule has 1 N–H and O–H groups in total. The SMILES string of the molecule is CN(CCOCC1CC1)C(=O)N1CCC(C)(C(=O)O)CC1. The summed E-state index contributed by atoms with van der Waals surface area (Å²) >= 11 is 0. The van der Waals surface area contributed by atoms with Crippen molar-refractivity contribution < 1.29 is 19.4 Å². The predicted molar refractivity (Wildman–Crippen MR) is 78.1 cm³/mol. The standard InChI is InChI=1S/C15H26N2O4/c1-15(13(18)19)5-7-17(8-6-15)14(20)16(2)9-10-21-11-12-3-4-12/h12H,3-11H2,1-2H3,(H,18,19). The molecule has 1 heterocycles. The lowest BCUT2D eigenvalue weighted by Crippen LogP contribution is -2.49. The summed E-state index contributed by atoms with van der Waals surface area (Å²) < 4.78 is 5.54. The first-order chi connectivity index (χ1) is 9.92.